The molecule has 1 N–H and O–H groups in total. The highest BCUT2D eigenvalue weighted by Crippen LogP contribution is 2.36. The second kappa shape index (κ2) is 5.11. The SMILES string of the molecule is CC(=O)NC1(c2noc(-c3ccco3)n2)CCCCC1. The minimum Gasteiger partial charge on any atom is -0.459 e. The van der Waals surface area contributed by atoms with Crippen LogP contribution >= 0.6 is 0 Å². The van der Waals surface area contributed by atoms with Crippen molar-refractivity contribution in [2.24, 2.45) is 0 Å². The Balaban J connectivity index is 1.93. The van der Waals surface area contributed by atoms with Gasteiger partial charge in [0.05, 0.1) is 6.26 Å². The molecule has 0 aliphatic heterocycles. The monoisotopic (exact) mass is 275 g/mol. The van der Waals surface area contributed by atoms with Crippen LogP contribution in [0.2, 0.25) is 0 Å². The number of hydrogen-bond acceptors (Lipinski definition) is 5. The molecule has 0 unspecified atom stereocenters. The third-order valence-electron chi connectivity index (χ3n) is 3.71. The molecule has 0 bridgehead atoms. The Labute approximate surface area is 116 Å². The van der Waals surface area contributed by atoms with Crippen molar-refractivity contribution in [3.05, 3.63) is 24.2 Å². The molecule has 6 nitrogen and oxygen atoms in total. The average Bonchev–Trinajstić information content (AvgIpc) is 3.10. The summed E-state index contributed by atoms with van der Waals surface area (Å²) in [6.45, 7) is 1.52. The van der Waals surface area contributed by atoms with E-state index in [1.54, 1.807) is 18.4 Å². The molecule has 1 fully saturated rings. The summed E-state index contributed by atoms with van der Waals surface area (Å²) in [6.07, 6.45) is 6.50. The number of nitrogens with zero attached hydrogens (tertiary/aromatic N) is 2. The van der Waals surface area contributed by atoms with Crippen LogP contribution in [0.15, 0.2) is 27.3 Å². The summed E-state index contributed by atoms with van der Waals surface area (Å²) in [5.41, 5.74) is -0.502. The molecule has 1 amide bonds. The van der Waals surface area contributed by atoms with Crippen molar-refractivity contribution in [2.75, 3.05) is 0 Å². The Kier molecular flexibility index (Phi) is 3.30. The number of aromatic nitrogens is 2. The summed E-state index contributed by atoms with van der Waals surface area (Å²) in [4.78, 5) is 15.9. The van der Waals surface area contributed by atoms with Gasteiger partial charge in [0, 0.05) is 6.92 Å². The minimum absolute atomic E-state index is 0.0729. The van der Waals surface area contributed by atoms with Gasteiger partial charge in [-0.1, -0.05) is 24.4 Å². The fraction of sp³-hybridized carbons (Fsp3) is 0.500. The van der Waals surface area contributed by atoms with E-state index in [-0.39, 0.29) is 5.91 Å². The third-order valence-corrected chi connectivity index (χ3v) is 3.71. The van der Waals surface area contributed by atoms with E-state index in [0.29, 0.717) is 17.5 Å². The average molecular weight is 275 g/mol. The second-order valence-electron chi connectivity index (χ2n) is 5.22. The van der Waals surface area contributed by atoms with Crippen LogP contribution in [0.1, 0.15) is 44.9 Å². The maximum atomic E-state index is 11.5. The van der Waals surface area contributed by atoms with Crippen LogP contribution in [-0.2, 0) is 10.3 Å². The molecule has 0 spiro atoms. The largest absolute Gasteiger partial charge is 0.459 e. The van der Waals surface area contributed by atoms with E-state index < -0.39 is 5.54 Å². The molecule has 2 aromatic heterocycles. The molecule has 2 heterocycles. The van der Waals surface area contributed by atoms with Crippen molar-refractivity contribution in [2.45, 2.75) is 44.6 Å². The number of nitrogens with one attached hydrogen (secondary N) is 1. The number of hydrogen-bond donors (Lipinski definition) is 1. The highest BCUT2D eigenvalue weighted by molar-refractivity contribution is 5.74. The normalized spacial score (nSPS) is 17.9. The number of amides is 1. The molecule has 1 aliphatic carbocycles. The van der Waals surface area contributed by atoms with Crippen molar-refractivity contribution in [3.63, 3.8) is 0 Å². The van der Waals surface area contributed by atoms with E-state index in [1.807, 2.05) is 0 Å². The molecule has 0 radical (unpaired) electrons. The maximum absolute atomic E-state index is 11.5. The zero-order valence-electron chi connectivity index (χ0n) is 11.4. The number of furan rings is 1. The van der Waals surface area contributed by atoms with Gasteiger partial charge in [0.15, 0.2) is 11.6 Å². The summed E-state index contributed by atoms with van der Waals surface area (Å²) < 4.78 is 10.5. The summed E-state index contributed by atoms with van der Waals surface area (Å²) in [5.74, 6) is 1.35. The molecule has 1 saturated carbocycles. The zero-order valence-corrected chi connectivity index (χ0v) is 11.4. The molecule has 20 heavy (non-hydrogen) atoms. The van der Waals surface area contributed by atoms with E-state index in [2.05, 4.69) is 15.5 Å². The standard InChI is InChI=1S/C14H17N3O3/c1-10(18)16-14(7-3-2-4-8-14)13-15-12(20-17-13)11-6-5-9-19-11/h5-6,9H,2-4,7-8H2,1H3,(H,16,18). The van der Waals surface area contributed by atoms with Gasteiger partial charge in [-0.15, -0.1) is 0 Å². The Morgan fingerprint density at radius 3 is 2.80 bits per heavy atom. The lowest BCUT2D eigenvalue weighted by atomic mass is 9.81. The van der Waals surface area contributed by atoms with Gasteiger partial charge in [-0.05, 0) is 25.0 Å². The first kappa shape index (κ1) is 12.9. The van der Waals surface area contributed by atoms with Crippen molar-refractivity contribution in [1.29, 1.82) is 0 Å². The minimum atomic E-state index is -0.502. The van der Waals surface area contributed by atoms with Crippen molar-refractivity contribution < 1.29 is 13.7 Å². The van der Waals surface area contributed by atoms with Crippen molar-refractivity contribution in [1.82, 2.24) is 15.5 Å². The van der Waals surface area contributed by atoms with Crippen molar-refractivity contribution in [3.8, 4) is 11.7 Å². The van der Waals surface area contributed by atoms with Gasteiger partial charge in [0.25, 0.3) is 5.89 Å². The van der Waals surface area contributed by atoms with Gasteiger partial charge in [-0.25, -0.2) is 0 Å². The Bertz CT molecular complexity index is 583. The van der Waals surface area contributed by atoms with E-state index in [0.717, 1.165) is 25.7 Å². The van der Waals surface area contributed by atoms with E-state index in [1.165, 1.54) is 13.3 Å². The van der Waals surface area contributed by atoms with Crippen molar-refractivity contribution >= 4 is 5.91 Å². The lowest BCUT2D eigenvalue weighted by molar-refractivity contribution is -0.121. The molecular weight excluding hydrogens is 258 g/mol. The molecule has 0 saturated heterocycles. The van der Waals surface area contributed by atoms with Crippen LogP contribution in [0.4, 0.5) is 0 Å². The maximum Gasteiger partial charge on any atom is 0.293 e. The molecule has 0 atom stereocenters. The summed E-state index contributed by atoms with van der Waals surface area (Å²) in [6, 6.07) is 3.53. The van der Waals surface area contributed by atoms with Gasteiger partial charge >= 0.3 is 0 Å². The first-order valence-corrected chi connectivity index (χ1v) is 6.86. The van der Waals surface area contributed by atoms with Crippen LogP contribution in [-0.4, -0.2) is 16.0 Å². The number of carbonyl (C=O) groups excluding carboxylic acids is 1. The molecule has 106 valence electrons. The van der Waals surface area contributed by atoms with Crippen LogP contribution in [0.5, 0.6) is 0 Å². The summed E-state index contributed by atoms with van der Waals surface area (Å²) in [5, 5.41) is 7.08. The fourth-order valence-electron chi connectivity index (χ4n) is 2.81. The first-order valence-electron chi connectivity index (χ1n) is 6.86. The predicted octanol–water partition coefficient (Wildman–Crippen LogP) is 2.63. The van der Waals surface area contributed by atoms with Gasteiger partial charge in [0.1, 0.15) is 5.54 Å². The van der Waals surface area contributed by atoms with E-state index in [9.17, 15) is 4.79 Å². The smallest absolute Gasteiger partial charge is 0.293 e. The van der Waals surface area contributed by atoms with E-state index >= 15 is 0 Å². The summed E-state index contributed by atoms with van der Waals surface area (Å²) in [7, 11) is 0. The fourth-order valence-corrected chi connectivity index (χ4v) is 2.81. The highest BCUT2D eigenvalue weighted by Gasteiger charge is 2.39. The summed E-state index contributed by atoms with van der Waals surface area (Å²) >= 11 is 0. The van der Waals surface area contributed by atoms with Gasteiger partial charge in [0.2, 0.25) is 5.91 Å². The predicted molar refractivity (Wildman–Crippen MR) is 70.6 cm³/mol. The molecule has 3 rings (SSSR count). The third kappa shape index (κ3) is 2.33. The van der Waals surface area contributed by atoms with Crippen LogP contribution in [0, 0.1) is 0 Å². The van der Waals surface area contributed by atoms with Crippen LogP contribution < -0.4 is 5.32 Å². The molecule has 0 aromatic carbocycles. The Morgan fingerprint density at radius 1 is 1.35 bits per heavy atom. The van der Waals surface area contributed by atoms with Gasteiger partial charge < -0.3 is 14.3 Å². The number of rotatable bonds is 3. The first-order chi connectivity index (χ1) is 9.70. The highest BCUT2D eigenvalue weighted by atomic mass is 16.5. The zero-order chi connectivity index (χ0) is 14.0. The van der Waals surface area contributed by atoms with Crippen LogP contribution in [0.3, 0.4) is 0 Å². The molecule has 2 aromatic rings. The van der Waals surface area contributed by atoms with E-state index in [4.69, 9.17) is 8.94 Å². The Hall–Kier alpha value is -2.11. The lowest BCUT2D eigenvalue weighted by Crippen LogP contribution is -2.47. The molecule has 6 heteroatoms. The second-order valence-corrected chi connectivity index (χ2v) is 5.22. The van der Waals surface area contributed by atoms with Gasteiger partial charge in [-0.3, -0.25) is 4.79 Å². The lowest BCUT2D eigenvalue weighted by Gasteiger charge is -2.34. The molecule has 1 aliphatic rings. The topological polar surface area (TPSA) is 81.2 Å². The van der Waals surface area contributed by atoms with Crippen LogP contribution in [0.25, 0.3) is 11.7 Å². The van der Waals surface area contributed by atoms with Gasteiger partial charge in [-0.2, -0.15) is 4.98 Å². The quantitative estimate of drug-likeness (QED) is 0.931. The Morgan fingerprint density at radius 2 is 2.15 bits per heavy atom. The number of carbonyl (C=O) groups is 1. The molecular formula is C14H17N3O3.